The third kappa shape index (κ3) is 4.51. The number of thiazole rings is 1. The van der Waals surface area contributed by atoms with Crippen molar-refractivity contribution in [3.8, 4) is 28.8 Å². The molecule has 0 aliphatic rings. The van der Waals surface area contributed by atoms with E-state index >= 15 is 0 Å². The lowest BCUT2D eigenvalue weighted by Gasteiger charge is -2.12. The predicted molar refractivity (Wildman–Crippen MR) is 116 cm³/mol. The smallest absolute Gasteiger partial charge is 0.269 e. The van der Waals surface area contributed by atoms with Crippen LogP contribution in [0.2, 0.25) is 5.02 Å². The van der Waals surface area contributed by atoms with E-state index in [-0.39, 0.29) is 5.69 Å². The monoisotopic (exact) mass is 442 g/mol. The molecule has 1 aromatic heterocycles. The molecule has 3 aromatic rings. The molecule has 1 heterocycles. The van der Waals surface area contributed by atoms with Crippen LogP contribution in [0.1, 0.15) is 5.01 Å². The van der Waals surface area contributed by atoms with Crippen LogP contribution in [-0.4, -0.2) is 24.1 Å². The van der Waals surface area contributed by atoms with Gasteiger partial charge in [-0.05, 0) is 12.1 Å². The van der Waals surface area contributed by atoms with E-state index in [9.17, 15) is 15.4 Å². The van der Waals surface area contributed by atoms with Gasteiger partial charge in [-0.1, -0.05) is 11.6 Å². The van der Waals surface area contributed by atoms with Crippen LogP contribution in [0.3, 0.4) is 0 Å². The van der Waals surface area contributed by atoms with Crippen molar-refractivity contribution >= 4 is 39.9 Å². The lowest BCUT2D eigenvalue weighted by Crippen LogP contribution is -1.96. The maximum atomic E-state index is 10.8. The van der Waals surface area contributed by atoms with Crippen molar-refractivity contribution in [2.45, 2.75) is 0 Å². The second kappa shape index (κ2) is 9.26. The Hall–Kier alpha value is -3.61. The Morgan fingerprint density at radius 3 is 2.57 bits per heavy atom. The van der Waals surface area contributed by atoms with E-state index in [2.05, 4.69) is 16.4 Å². The molecule has 30 heavy (non-hydrogen) atoms. The minimum atomic E-state index is -0.460. The molecular weight excluding hydrogens is 428 g/mol. The van der Waals surface area contributed by atoms with Crippen LogP contribution in [0.25, 0.3) is 16.8 Å². The number of nitro groups is 1. The van der Waals surface area contributed by atoms with Crippen LogP contribution in [-0.2, 0) is 0 Å². The number of aromatic nitrogens is 1. The van der Waals surface area contributed by atoms with Crippen molar-refractivity contribution in [1.29, 1.82) is 5.26 Å². The fourth-order valence-corrected chi connectivity index (χ4v) is 3.57. The summed E-state index contributed by atoms with van der Waals surface area (Å²) in [5.74, 6) is 0.946. The number of nitrogens with zero attached hydrogens (tertiary/aromatic N) is 3. The number of methoxy groups -OCH3 is 2. The van der Waals surface area contributed by atoms with E-state index in [1.54, 1.807) is 29.6 Å². The zero-order valence-electron chi connectivity index (χ0n) is 15.9. The summed E-state index contributed by atoms with van der Waals surface area (Å²) in [5.41, 5.74) is 2.22. The number of allylic oxidation sites excluding steroid dienone is 1. The highest BCUT2D eigenvalue weighted by atomic mass is 35.5. The molecule has 0 amide bonds. The van der Waals surface area contributed by atoms with Gasteiger partial charge in [0.05, 0.1) is 35.5 Å². The van der Waals surface area contributed by atoms with Gasteiger partial charge in [0.15, 0.2) is 0 Å². The Bertz CT molecular complexity index is 1150. The van der Waals surface area contributed by atoms with Gasteiger partial charge in [0.25, 0.3) is 5.69 Å². The molecule has 0 unspecified atom stereocenters. The van der Waals surface area contributed by atoms with Gasteiger partial charge in [-0.3, -0.25) is 10.1 Å². The molecule has 0 aliphatic carbocycles. The Balaban J connectivity index is 1.86. The molecule has 1 N–H and O–H groups in total. The van der Waals surface area contributed by atoms with Crippen LogP contribution in [0.5, 0.6) is 11.5 Å². The molecule has 3 rings (SSSR count). The zero-order valence-corrected chi connectivity index (χ0v) is 17.5. The first kappa shape index (κ1) is 21.1. The zero-order chi connectivity index (χ0) is 21.7. The van der Waals surface area contributed by atoms with Crippen LogP contribution >= 0.6 is 22.9 Å². The fraction of sp³-hybridized carbons (Fsp3) is 0.100. The van der Waals surface area contributed by atoms with Gasteiger partial charge in [0.2, 0.25) is 0 Å². The quantitative estimate of drug-likeness (QED) is 0.297. The number of hydrogen-bond donors (Lipinski definition) is 1. The summed E-state index contributed by atoms with van der Waals surface area (Å²) in [6.45, 7) is 0. The molecule has 2 aromatic carbocycles. The average Bonchev–Trinajstić information content (AvgIpc) is 3.24. The summed E-state index contributed by atoms with van der Waals surface area (Å²) < 4.78 is 10.5. The fourth-order valence-electron chi connectivity index (χ4n) is 2.55. The standard InChI is InChI=1S/C20H15ClN4O4S/c1-28-18-8-16(19(29-2)7-15(18)21)23-10-13(9-22)20-24-17(11-30-20)12-3-5-14(6-4-12)25(26)27/h3-8,10-11,23H,1-2H3/b13-10-. The van der Waals surface area contributed by atoms with Crippen molar-refractivity contribution < 1.29 is 14.4 Å². The van der Waals surface area contributed by atoms with E-state index in [4.69, 9.17) is 21.1 Å². The van der Waals surface area contributed by atoms with Gasteiger partial charge in [-0.15, -0.1) is 11.3 Å². The normalized spacial score (nSPS) is 10.9. The highest BCUT2D eigenvalue weighted by molar-refractivity contribution is 7.11. The first-order chi connectivity index (χ1) is 14.5. The second-order valence-electron chi connectivity index (χ2n) is 5.84. The van der Waals surface area contributed by atoms with E-state index in [0.29, 0.717) is 38.5 Å². The highest BCUT2D eigenvalue weighted by Crippen LogP contribution is 2.36. The van der Waals surface area contributed by atoms with Crippen molar-refractivity contribution in [2.75, 3.05) is 19.5 Å². The highest BCUT2D eigenvalue weighted by Gasteiger charge is 2.13. The maximum Gasteiger partial charge on any atom is 0.269 e. The molecule has 0 atom stereocenters. The van der Waals surface area contributed by atoms with Gasteiger partial charge in [0, 0.05) is 41.4 Å². The van der Waals surface area contributed by atoms with Gasteiger partial charge in [0.1, 0.15) is 28.1 Å². The number of halogens is 1. The number of benzene rings is 2. The van der Waals surface area contributed by atoms with Gasteiger partial charge in [-0.25, -0.2) is 4.98 Å². The molecule has 0 radical (unpaired) electrons. The Kier molecular flexibility index (Phi) is 6.51. The minimum Gasteiger partial charge on any atom is -0.495 e. The lowest BCUT2D eigenvalue weighted by atomic mass is 10.1. The van der Waals surface area contributed by atoms with Crippen molar-refractivity contribution in [1.82, 2.24) is 4.98 Å². The van der Waals surface area contributed by atoms with E-state index in [0.717, 1.165) is 5.56 Å². The molecule has 0 fully saturated rings. The maximum absolute atomic E-state index is 10.8. The third-order valence-electron chi connectivity index (χ3n) is 4.07. The van der Waals surface area contributed by atoms with Gasteiger partial charge < -0.3 is 14.8 Å². The first-order valence-electron chi connectivity index (χ1n) is 8.46. The number of anilines is 1. The molecule has 0 saturated heterocycles. The number of non-ortho nitro benzene ring substituents is 1. The largest absolute Gasteiger partial charge is 0.495 e. The van der Waals surface area contributed by atoms with Crippen molar-refractivity contribution in [2.24, 2.45) is 0 Å². The number of nitro benzene ring substituents is 1. The Morgan fingerprint density at radius 1 is 1.27 bits per heavy atom. The van der Waals surface area contributed by atoms with Crippen molar-refractivity contribution in [3.63, 3.8) is 0 Å². The minimum absolute atomic E-state index is 0.00310. The van der Waals surface area contributed by atoms with Crippen molar-refractivity contribution in [3.05, 3.63) is 68.1 Å². The molecule has 0 aliphatic heterocycles. The number of nitriles is 1. The summed E-state index contributed by atoms with van der Waals surface area (Å²) in [6, 6.07) is 11.5. The second-order valence-corrected chi connectivity index (χ2v) is 7.11. The topological polar surface area (TPSA) is 110 Å². The van der Waals surface area contributed by atoms with Crippen LogP contribution in [0.4, 0.5) is 11.4 Å². The third-order valence-corrected chi connectivity index (χ3v) is 5.25. The molecule has 0 bridgehead atoms. The molecule has 152 valence electrons. The molecular formula is C20H15ClN4O4S. The van der Waals surface area contributed by atoms with E-state index in [1.807, 2.05) is 0 Å². The number of nitrogens with one attached hydrogen (secondary N) is 1. The molecule has 8 nitrogen and oxygen atoms in total. The van der Waals surface area contributed by atoms with Crippen LogP contribution in [0.15, 0.2) is 48.0 Å². The molecule has 0 spiro atoms. The Labute approximate surface area is 181 Å². The Morgan fingerprint density at radius 2 is 1.97 bits per heavy atom. The summed E-state index contributed by atoms with van der Waals surface area (Å²) >= 11 is 7.40. The van der Waals surface area contributed by atoms with E-state index < -0.39 is 4.92 Å². The summed E-state index contributed by atoms with van der Waals surface area (Å²) in [6.07, 6.45) is 1.52. The molecule has 0 saturated carbocycles. The van der Waals surface area contributed by atoms with Crippen LogP contribution in [0, 0.1) is 21.4 Å². The summed E-state index contributed by atoms with van der Waals surface area (Å²) in [4.78, 5) is 14.8. The van der Waals surface area contributed by atoms with Crippen LogP contribution < -0.4 is 14.8 Å². The molecule has 10 heteroatoms. The predicted octanol–water partition coefficient (Wildman–Crippen LogP) is 5.37. The van der Waals surface area contributed by atoms with E-state index in [1.165, 1.54) is 43.9 Å². The SMILES string of the molecule is COc1cc(N/C=C(/C#N)c2nc(-c3ccc([N+](=O)[O-])cc3)cs2)c(OC)cc1Cl. The number of hydrogen-bond acceptors (Lipinski definition) is 8. The number of ether oxygens (including phenoxy) is 2. The van der Waals surface area contributed by atoms with Gasteiger partial charge in [-0.2, -0.15) is 5.26 Å². The summed E-state index contributed by atoms with van der Waals surface area (Å²) in [7, 11) is 3.01. The number of rotatable bonds is 7. The summed E-state index contributed by atoms with van der Waals surface area (Å²) in [5, 5.41) is 26.1. The first-order valence-corrected chi connectivity index (χ1v) is 9.71. The average molecular weight is 443 g/mol. The van der Waals surface area contributed by atoms with Gasteiger partial charge >= 0.3 is 0 Å². The lowest BCUT2D eigenvalue weighted by molar-refractivity contribution is -0.384.